The first kappa shape index (κ1) is 18.1. The van der Waals surface area contributed by atoms with Crippen molar-refractivity contribution in [1.82, 2.24) is 9.55 Å². The van der Waals surface area contributed by atoms with Gasteiger partial charge in [-0.05, 0) is 23.1 Å². The Morgan fingerprint density at radius 3 is 2.33 bits per heavy atom. The van der Waals surface area contributed by atoms with Crippen molar-refractivity contribution in [1.29, 1.82) is 0 Å². The fourth-order valence-corrected chi connectivity index (χ4v) is 2.95. The van der Waals surface area contributed by atoms with Crippen molar-refractivity contribution in [2.24, 2.45) is 7.05 Å². The number of Topliss-reactive ketones (excluding diaryl/α,β-unsaturated/α-hetero) is 1. The maximum atomic E-state index is 12.3. The maximum absolute atomic E-state index is 12.3. The van der Waals surface area contributed by atoms with Crippen molar-refractivity contribution in [3.05, 3.63) is 56.2 Å². The number of benzene rings is 1. The molecule has 1 aromatic heterocycles. The molecule has 1 aromatic carbocycles. The predicted molar refractivity (Wildman–Crippen MR) is 96.9 cm³/mol. The summed E-state index contributed by atoms with van der Waals surface area (Å²) < 4.78 is 1.05. The van der Waals surface area contributed by atoms with Crippen LogP contribution in [0.1, 0.15) is 36.7 Å². The lowest BCUT2D eigenvalue weighted by molar-refractivity contribution is 0.102. The number of thioether (sulfide) groups is 1. The molecule has 0 saturated heterocycles. The minimum Gasteiger partial charge on any atom is -0.384 e. The van der Waals surface area contributed by atoms with Gasteiger partial charge in [0.2, 0.25) is 0 Å². The van der Waals surface area contributed by atoms with Gasteiger partial charge in [-0.1, -0.05) is 32.9 Å². The topological polar surface area (TPSA) is 97.9 Å². The van der Waals surface area contributed by atoms with Gasteiger partial charge in [0, 0.05) is 11.9 Å². The summed E-state index contributed by atoms with van der Waals surface area (Å²) in [5, 5.41) is 0. The molecule has 3 N–H and O–H groups in total. The second-order valence-electron chi connectivity index (χ2n) is 6.56. The lowest BCUT2D eigenvalue weighted by atomic mass is 9.87. The van der Waals surface area contributed by atoms with Crippen LogP contribution in [0.2, 0.25) is 0 Å². The van der Waals surface area contributed by atoms with E-state index >= 15 is 0 Å². The molecule has 6 nitrogen and oxygen atoms in total. The first-order chi connectivity index (χ1) is 11.1. The van der Waals surface area contributed by atoms with E-state index in [2.05, 4.69) is 25.8 Å². The number of nitrogens with one attached hydrogen (secondary N) is 1. The number of nitrogen functional groups attached to an aromatic ring is 1. The van der Waals surface area contributed by atoms with Gasteiger partial charge in [-0.15, -0.1) is 11.8 Å². The van der Waals surface area contributed by atoms with Crippen molar-refractivity contribution in [2.45, 2.75) is 31.1 Å². The van der Waals surface area contributed by atoms with Gasteiger partial charge in [-0.2, -0.15) is 0 Å². The highest BCUT2D eigenvalue weighted by molar-refractivity contribution is 8.00. The van der Waals surface area contributed by atoms with E-state index in [0.29, 0.717) is 0 Å². The molecular weight excluding hydrogens is 326 g/mol. The molecule has 0 aliphatic carbocycles. The van der Waals surface area contributed by atoms with Gasteiger partial charge in [0.1, 0.15) is 11.4 Å². The predicted octanol–water partition coefficient (Wildman–Crippen LogP) is 1.93. The normalized spacial score (nSPS) is 11.5. The van der Waals surface area contributed by atoms with E-state index < -0.39 is 17.0 Å². The number of anilines is 1. The lowest BCUT2D eigenvalue weighted by Gasteiger charge is -2.19. The fourth-order valence-electron chi connectivity index (χ4n) is 2.18. The first-order valence-corrected chi connectivity index (χ1v) is 8.45. The molecule has 0 aliphatic heterocycles. The van der Waals surface area contributed by atoms with Crippen LogP contribution in [0, 0.1) is 0 Å². The van der Waals surface area contributed by atoms with Crippen LogP contribution in [0.15, 0.2) is 38.8 Å². The summed E-state index contributed by atoms with van der Waals surface area (Å²) in [6.45, 7) is 6.40. The number of aromatic amines is 1. The fraction of sp³-hybridized carbons (Fsp3) is 0.353. The number of hydrogen-bond donors (Lipinski definition) is 2. The SMILES string of the molecule is Cn1c(N)c(C(=O)CSc2ccc(C(C)(C)C)cc2)c(=O)[nH]c1=O. The van der Waals surface area contributed by atoms with Gasteiger partial charge < -0.3 is 5.73 Å². The third-order valence-electron chi connectivity index (χ3n) is 3.74. The second-order valence-corrected chi connectivity index (χ2v) is 7.61. The Balaban J connectivity index is 2.16. The Hall–Kier alpha value is -2.28. The van der Waals surface area contributed by atoms with Crippen LogP contribution in [0.3, 0.4) is 0 Å². The van der Waals surface area contributed by atoms with Crippen LogP contribution < -0.4 is 17.0 Å². The summed E-state index contributed by atoms with van der Waals surface area (Å²) in [4.78, 5) is 38.6. The van der Waals surface area contributed by atoms with Gasteiger partial charge in [0.25, 0.3) is 5.56 Å². The minimum atomic E-state index is -0.746. The average Bonchev–Trinajstić information content (AvgIpc) is 2.50. The van der Waals surface area contributed by atoms with Gasteiger partial charge in [-0.3, -0.25) is 19.1 Å². The Morgan fingerprint density at radius 2 is 1.79 bits per heavy atom. The number of carbonyl (C=O) groups is 1. The molecule has 0 atom stereocenters. The molecule has 2 rings (SSSR count). The van der Waals surface area contributed by atoms with Crippen LogP contribution >= 0.6 is 11.8 Å². The third kappa shape index (κ3) is 3.79. The van der Waals surface area contributed by atoms with Gasteiger partial charge >= 0.3 is 5.69 Å². The molecule has 7 heteroatoms. The van der Waals surface area contributed by atoms with E-state index in [1.54, 1.807) is 0 Å². The number of nitrogens with two attached hydrogens (primary N) is 1. The highest BCUT2D eigenvalue weighted by Gasteiger charge is 2.18. The molecular formula is C17H21N3O3S. The zero-order chi connectivity index (χ0) is 18.1. The standard InChI is InChI=1S/C17H21N3O3S/c1-17(2,3)10-5-7-11(8-6-10)24-9-12(21)13-14(18)20(4)16(23)19-15(13)22/h5-8H,9,18H2,1-4H3,(H,19,22,23). The number of H-pyrrole nitrogens is 1. The van der Waals surface area contributed by atoms with Gasteiger partial charge in [-0.25, -0.2) is 4.79 Å². The zero-order valence-electron chi connectivity index (χ0n) is 14.2. The van der Waals surface area contributed by atoms with Crippen molar-refractivity contribution in [2.75, 3.05) is 11.5 Å². The molecule has 0 amide bonds. The lowest BCUT2D eigenvalue weighted by Crippen LogP contribution is -2.35. The average molecular weight is 347 g/mol. The molecule has 0 spiro atoms. The molecule has 24 heavy (non-hydrogen) atoms. The van der Waals surface area contributed by atoms with Crippen LogP contribution in [0.5, 0.6) is 0 Å². The number of aromatic nitrogens is 2. The monoisotopic (exact) mass is 347 g/mol. The largest absolute Gasteiger partial charge is 0.384 e. The van der Waals surface area contributed by atoms with E-state index in [-0.39, 0.29) is 22.5 Å². The summed E-state index contributed by atoms with van der Waals surface area (Å²) in [5.41, 5.74) is 5.45. The van der Waals surface area contributed by atoms with E-state index in [4.69, 9.17) is 5.73 Å². The quantitative estimate of drug-likeness (QED) is 0.650. The Bertz CT molecular complexity index is 874. The molecule has 0 bridgehead atoms. The smallest absolute Gasteiger partial charge is 0.329 e. The highest BCUT2D eigenvalue weighted by Crippen LogP contribution is 2.26. The molecule has 1 heterocycles. The zero-order valence-corrected chi connectivity index (χ0v) is 15.0. The van der Waals surface area contributed by atoms with E-state index in [9.17, 15) is 14.4 Å². The molecule has 0 fully saturated rings. The maximum Gasteiger partial charge on any atom is 0.329 e. The van der Waals surface area contributed by atoms with E-state index in [1.807, 2.05) is 24.3 Å². The van der Waals surface area contributed by atoms with Crippen LogP contribution in [-0.4, -0.2) is 21.1 Å². The van der Waals surface area contributed by atoms with Crippen LogP contribution in [0.25, 0.3) is 0 Å². The number of nitrogens with zero attached hydrogens (tertiary/aromatic N) is 1. The summed E-state index contributed by atoms with van der Waals surface area (Å²) >= 11 is 1.32. The van der Waals surface area contributed by atoms with Crippen LogP contribution in [0.4, 0.5) is 5.82 Å². The molecule has 128 valence electrons. The third-order valence-corrected chi connectivity index (χ3v) is 4.75. The number of rotatable bonds is 4. The number of carbonyl (C=O) groups excluding carboxylic acids is 1. The Labute approximate surface area is 144 Å². The molecule has 0 unspecified atom stereocenters. The number of hydrogen-bond acceptors (Lipinski definition) is 5. The van der Waals surface area contributed by atoms with Crippen LogP contribution in [-0.2, 0) is 12.5 Å². The van der Waals surface area contributed by atoms with Crippen molar-refractivity contribution >= 4 is 23.4 Å². The summed E-state index contributed by atoms with van der Waals surface area (Å²) in [6, 6.07) is 7.96. The number of ketones is 1. The Kier molecular flexibility index (Phi) is 5.03. The van der Waals surface area contributed by atoms with E-state index in [1.165, 1.54) is 24.4 Å². The first-order valence-electron chi connectivity index (χ1n) is 7.46. The van der Waals surface area contributed by atoms with Gasteiger partial charge in [0.05, 0.1) is 5.75 Å². The molecule has 0 radical (unpaired) electrons. The molecule has 0 aliphatic rings. The van der Waals surface area contributed by atoms with E-state index in [0.717, 1.165) is 9.46 Å². The van der Waals surface area contributed by atoms with Crippen molar-refractivity contribution < 1.29 is 4.79 Å². The van der Waals surface area contributed by atoms with Crippen molar-refractivity contribution in [3.8, 4) is 0 Å². The van der Waals surface area contributed by atoms with Crippen molar-refractivity contribution in [3.63, 3.8) is 0 Å². The molecule has 2 aromatic rings. The highest BCUT2D eigenvalue weighted by atomic mass is 32.2. The van der Waals surface area contributed by atoms with Gasteiger partial charge in [0.15, 0.2) is 5.78 Å². The summed E-state index contributed by atoms with van der Waals surface area (Å²) in [7, 11) is 1.41. The second kappa shape index (κ2) is 6.68. The summed E-state index contributed by atoms with van der Waals surface area (Å²) in [5.74, 6) is -0.452. The summed E-state index contributed by atoms with van der Waals surface area (Å²) in [6.07, 6.45) is 0. The molecule has 0 saturated carbocycles. The Morgan fingerprint density at radius 1 is 1.21 bits per heavy atom. The minimum absolute atomic E-state index is 0.0651.